The zero-order chi connectivity index (χ0) is 22.4. The van der Waals surface area contributed by atoms with Gasteiger partial charge in [0.1, 0.15) is 17.1 Å². The van der Waals surface area contributed by atoms with Crippen molar-refractivity contribution in [2.24, 2.45) is 0 Å². The molecule has 0 saturated heterocycles. The van der Waals surface area contributed by atoms with E-state index in [1.54, 1.807) is 6.92 Å². The lowest BCUT2D eigenvalue weighted by molar-refractivity contribution is -0.143. The zero-order valence-corrected chi connectivity index (χ0v) is 19.6. The number of benzene rings is 1. The summed E-state index contributed by atoms with van der Waals surface area (Å²) in [5.74, 6) is 1.05. The number of hydrogen-bond acceptors (Lipinski definition) is 6. The molecule has 1 aromatic carbocycles. The van der Waals surface area contributed by atoms with Crippen LogP contribution in [0.1, 0.15) is 71.4 Å². The van der Waals surface area contributed by atoms with Crippen LogP contribution in [0, 0.1) is 0 Å². The molecular formula is C22H35NO6S. The maximum atomic E-state index is 12.7. The first-order chi connectivity index (χ1) is 14.1. The Morgan fingerprint density at radius 2 is 2.00 bits per heavy atom. The molecule has 0 aliphatic carbocycles. The lowest BCUT2D eigenvalue weighted by Crippen LogP contribution is -2.43. The van der Waals surface area contributed by atoms with E-state index in [1.807, 2.05) is 32.0 Å². The molecule has 2 rings (SSSR count). The van der Waals surface area contributed by atoms with Crippen LogP contribution in [-0.4, -0.2) is 50.3 Å². The first-order valence-corrected chi connectivity index (χ1v) is 12.5. The van der Waals surface area contributed by atoms with Crippen molar-refractivity contribution in [1.29, 1.82) is 0 Å². The first kappa shape index (κ1) is 24.5. The molecule has 1 aliphatic rings. The summed E-state index contributed by atoms with van der Waals surface area (Å²) < 4.78 is 43.8. The number of hydrogen-bond donors (Lipinski definition) is 0. The molecule has 0 bridgehead atoms. The van der Waals surface area contributed by atoms with Crippen LogP contribution in [0.3, 0.4) is 0 Å². The number of esters is 1. The SMILES string of the molecule is CCCCOc1ccc2c(c1)C(N(CCCC(=O)OCC)S(C)(=O)=O)CC(C)(C)O2. The summed E-state index contributed by atoms with van der Waals surface area (Å²) >= 11 is 0. The van der Waals surface area contributed by atoms with Gasteiger partial charge in [-0.05, 0) is 51.8 Å². The van der Waals surface area contributed by atoms with Gasteiger partial charge in [-0.25, -0.2) is 8.42 Å². The monoisotopic (exact) mass is 441 g/mol. The van der Waals surface area contributed by atoms with Crippen molar-refractivity contribution >= 4 is 16.0 Å². The third-order valence-electron chi connectivity index (χ3n) is 5.02. The van der Waals surface area contributed by atoms with Gasteiger partial charge in [0.05, 0.1) is 25.5 Å². The smallest absolute Gasteiger partial charge is 0.305 e. The molecular weight excluding hydrogens is 406 g/mol. The van der Waals surface area contributed by atoms with Crippen molar-refractivity contribution in [3.05, 3.63) is 23.8 Å². The summed E-state index contributed by atoms with van der Waals surface area (Å²) in [5, 5.41) is 0. The van der Waals surface area contributed by atoms with Crippen LogP contribution in [0.4, 0.5) is 0 Å². The Balaban J connectivity index is 2.30. The summed E-state index contributed by atoms with van der Waals surface area (Å²) in [6.07, 6.45) is 4.28. The van der Waals surface area contributed by atoms with Crippen molar-refractivity contribution in [1.82, 2.24) is 4.31 Å². The van der Waals surface area contributed by atoms with E-state index in [9.17, 15) is 13.2 Å². The maximum absolute atomic E-state index is 12.7. The van der Waals surface area contributed by atoms with Gasteiger partial charge in [0.2, 0.25) is 10.0 Å². The quantitative estimate of drug-likeness (QED) is 0.380. The number of carbonyl (C=O) groups excluding carboxylic acids is 1. The highest BCUT2D eigenvalue weighted by Gasteiger charge is 2.40. The van der Waals surface area contributed by atoms with Crippen LogP contribution >= 0.6 is 0 Å². The van der Waals surface area contributed by atoms with Crippen LogP contribution in [0.2, 0.25) is 0 Å². The lowest BCUT2D eigenvalue weighted by atomic mass is 9.89. The summed E-state index contributed by atoms with van der Waals surface area (Å²) in [7, 11) is -3.52. The van der Waals surface area contributed by atoms with E-state index in [2.05, 4.69) is 6.92 Å². The van der Waals surface area contributed by atoms with E-state index in [0.717, 1.165) is 18.4 Å². The molecule has 0 aromatic heterocycles. The van der Waals surface area contributed by atoms with Gasteiger partial charge in [-0.1, -0.05) is 13.3 Å². The number of sulfonamides is 1. The highest BCUT2D eigenvalue weighted by Crippen LogP contribution is 2.44. The van der Waals surface area contributed by atoms with Gasteiger partial charge < -0.3 is 14.2 Å². The van der Waals surface area contributed by atoms with Crippen molar-refractivity contribution < 1.29 is 27.4 Å². The Hall–Kier alpha value is -1.80. The minimum Gasteiger partial charge on any atom is -0.494 e. The van der Waals surface area contributed by atoms with Crippen LogP contribution < -0.4 is 9.47 Å². The minimum atomic E-state index is -3.52. The van der Waals surface area contributed by atoms with Crippen LogP contribution in [0.15, 0.2) is 18.2 Å². The Morgan fingerprint density at radius 1 is 1.27 bits per heavy atom. The minimum absolute atomic E-state index is 0.180. The summed E-state index contributed by atoms with van der Waals surface area (Å²) in [5.41, 5.74) is 0.275. The predicted octanol–water partition coefficient (Wildman–Crippen LogP) is 4.07. The maximum Gasteiger partial charge on any atom is 0.305 e. The van der Waals surface area contributed by atoms with Crippen LogP contribution in [0.5, 0.6) is 11.5 Å². The highest BCUT2D eigenvalue weighted by atomic mass is 32.2. The van der Waals surface area contributed by atoms with Gasteiger partial charge in [0.25, 0.3) is 0 Å². The average molecular weight is 442 g/mol. The molecule has 0 N–H and O–H groups in total. The number of unbranched alkanes of at least 4 members (excludes halogenated alkanes) is 1. The Kier molecular flexibility index (Phi) is 8.55. The molecule has 1 aromatic rings. The topological polar surface area (TPSA) is 82.1 Å². The molecule has 8 heteroatoms. The highest BCUT2D eigenvalue weighted by molar-refractivity contribution is 7.88. The number of carbonyl (C=O) groups is 1. The largest absolute Gasteiger partial charge is 0.494 e. The van der Waals surface area contributed by atoms with Crippen molar-refractivity contribution in [3.8, 4) is 11.5 Å². The van der Waals surface area contributed by atoms with Gasteiger partial charge in [-0.15, -0.1) is 0 Å². The van der Waals surface area contributed by atoms with E-state index in [0.29, 0.717) is 37.6 Å². The Labute approximate surface area is 180 Å². The molecule has 0 spiro atoms. The second kappa shape index (κ2) is 10.5. The fraction of sp³-hybridized carbons (Fsp3) is 0.682. The van der Waals surface area contributed by atoms with E-state index >= 15 is 0 Å². The normalized spacial score (nSPS) is 17.9. The molecule has 1 unspecified atom stereocenters. The fourth-order valence-corrected chi connectivity index (χ4v) is 4.75. The van der Waals surface area contributed by atoms with Gasteiger partial charge in [0.15, 0.2) is 0 Å². The molecule has 1 atom stereocenters. The van der Waals surface area contributed by atoms with Crippen LogP contribution in [0.25, 0.3) is 0 Å². The molecule has 0 amide bonds. The third-order valence-corrected chi connectivity index (χ3v) is 6.31. The van der Waals surface area contributed by atoms with Crippen molar-refractivity contribution in [2.45, 2.75) is 71.4 Å². The number of rotatable bonds is 11. The predicted molar refractivity (Wildman–Crippen MR) is 116 cm³/mol. The molecule has 1 aliphatic heterocycles. The summed E-state index contributed by atoms with van der Waals surface area (Å²) in [6.45, 7) is 8.92. The van der Waals surface area contributed by atoms with E-state index < -0.39 is 21.7 Å². The molecule has 170 valence electrons. The second-order valence-electron chi connectivity index (χ2n) is 8.27. The van der Waals surface area contributed by atoms with E-state index in [4.69, 9.17) is 14.2 Å². The Bertz CT molecular complexity index is 821. The standard InChI is InChI=1S/C22H35NO6S/c1-6-8-14-28-17-11-12-20-18(15-17)19(16-22(3,4)29-20)23(30(5,25)26)13-9-10-21(24)27-7-2/h11-12,15,19H,6-10,13-14,16H2,1-5H3. The molecule has 0 fully saturated rings. The molecule has 1 heterocycles. The zero-order valence-electron chi connectivity index (χ0n) is 18.8. The van der Waals surface area contributed by atoms with Gasteiger partial charge in [-0.2, -0.15) is 4.31 Å². The second-order valence-corrected chi connectivity index (χ2v) is 10.2. The van der Waals surface area contributed by atoms with E-state index in [1.165, 1.54) is 10.6 Å². The average Bonchev–Trinajstić information content (AvgIpc) is 2.64. The molecule has 30 heavy (non-hydrogen) atoms. The lowest BCUT2D eigenvalue weighted by Gasteiger charge is -2.41. The number of fused-ring (bicyclic) bond motifs is 1. The fourth-order valence-electron chi connectivity index (χ4n) is 3.64. The van der Waals surface area contributed by atoms with Crippen molar-refractivity contribution in [2.75, 3.05) is 26.0 Å². The molecule has 0 saturated carbocycles. The summed E-state index contributed by atoms with van der Waals surface area (Å²) in [4.78, 5) is 11.7. The van der Waals surface area contributed by atoms with E-state index in [-0.39, 0.29) is 18.9 Å². The molecule has 0 radical (unpaired) electrons. The van der Waals surface area contributed by atoms with Crippen molar-refractivity contribution in [3.63, 3.8) is 0 Å². The summed E-state index contributed by atoms with van der Waals surface area (Å²) in [6, 6.07) is 5.20. The van der Waals surface area contributed by atoms with Gasteiger partial charge in [-0.3, -0.25) is 4.79 Å². The Morgan fingerprint density at radius 3 is 2.63 bits per heavy atom. The van der Waals surface area contributed by atoms with Crippen LogP contribution in [-0.2, 0) is 19.6 Å². The first-order valence-electron chi connectivity index (χ1n) is 10.7. The van der Waals surface area contributed by atoms with Gasteiger partial charge >= 0.3 is 5.97 Å². The number of nitrogens with zero attached hydrogens (tertiary/aromatic N) is 1. The molecule has 7 nitrogen and oxygen atoms in total. The number of ether oxygens (including phenoxy) is 3. The van der Waals surface area contributed by atoms with Gasteiger partial charge in [0, 0.05) is 24.9 Å². The third kappa shape index (κ3) is 6.87.